The van der Waals surface area contributed by atoms with Crippen molar-refractivity contribution in [1.82, 2.24) is 4.72 Å². The number of sulfonamides is 1. The second kappa shape index (κ2) is 7.46. The Kier molecular flexibility index (Phi) is 6.06. The van der Waals surface area contributed by atoms with E-state index < -0.39 is 34.9 Å². The predicted octanol–water partition coefficient (Wildman–Crippen LogP) is 3.72. The average Bonchev–Trinajstić information content (AvgIpc) is 2.53. The number of hydrogen-bond acceptors (Lipinski definition) is 3. The van der Waals surface area contributed by atoms with Gasteiger partial charge in [-0.2, -0.15) is 8.78 Å². The van der Waals surface area contributed by atoms with Crippen LogP contribution in [0, 0.1) is 0 Å². The third-order valence-corrected chi connectivity index (χ3v) is 6.75. The zero-order chi connectivity index (χ0) is 19.8. The van der Waals surface area contributed by atoms with E-state index in [4.69, 9.17) is 9.79 Å². The van der Waals surface area contributed by atoms with Crippen LogP contribution in [0.1, 0.15) is 24.1 Å². The summed E-state index contributed by atoms with van der Waals surface area (Å²) in [5.74, 6) is 0. The Balaban J connectivity index is 2.31. The van der Waals surface area contributed by atoms with E-state index in [-0.39, 0.29) is 9.37 Å². The molecule has 0 spiro atoms. The molecule has 0 bridgehead atoms. The summed E-state index contributed by atoms with van der Waals surface area (Å²) in [5, 5.41) is 0. The fraction of sp³-hybridized carbons (Fsp3) is 0.200. The maximum Gasteiger partial charge on any atom is 0.399 e. The predicted molar refractivity (Wildman–Crippen MR) is 95.3 cm³/mol. The van der Waals surface area contributed by atoms with Gasteiger partial charge in [0.2, 0.25) is 10.0 Å². The van der Waals surface area contributed by atoms with Crippen LogP contribution in [0.3, 0.4) is 0 Å². The van der Waals surface area contributed by atoms with Crippen LogP contribution < -0.4 is 4.72 Å². The highest BCUT2D eigenvalue weighted by molar-refractivity contribution is 9.10. The minimum atomic E-state index is -5.70. The quantitative estimate of drug-likeness (QED) is 0.559. The molecule has 11 heteroatoms. The maximum atomic E-state index is 13.8. The zero-order valence-corrected chi connectivity index (χ0v) is 16.6. The largest absolute Gasteiger partial charge is 0.399 e. The maximum absolute atomic E-state index is 13.8. The molecule has 1 atom stereocenters. The molecule has 0 aromatic heterocycles. The van der Waals surface area contributed by atoms with Crippen LogP contribution in [0.15, 0.2) is 57.9 Å². The normalized spacial score (nSPS) is 14.2. The van der Waals surface area contributed by atoms with E-state index >= 15 is 0 Å². The highest BCUT2D eigenvalue weighted by Crippen LogP contribution is 2.60. The number of nitrogens with one attached hydrogen (secondary N) is 1. The molecule has 3 N–H and O–H groups in total. The van der Waals surface area contributed by atoms with Crippen LogP contribution in [0.25, 0.3) is 0 Å². The van der Waals surface area contributed by atoms with Gasteiger partial charge in [-0.3, -0.25) is 4.57 Å². The number of hydrogen-bond donors (Lipinski definition) is 3. The highest BCUT2D eigenvalue weighted by atomic mass is 79.9. The van der Waals surface area contributed by atoms with E-state index in [1.54, 1.807) is 18.2 Å². The van der Waals surface area contributed by atoms with Crippen LogP contribution in [0.5, 0.6) is 0 Å². The fourth-order valence-electron chi connectivity index (χ4n) is 2.17. The molecule has 0 radical (unpaired) electrons. The Hall–Kier alpha value is -1.16. The van der Waals surface area contributed by atoms with Crippen molar-refractivity contribution in [2.24, 2.45) is 0 Å². The Bertz CT molecular complexity index is 950. The monoisotopic (exact) mass is 469 g/mol. The first-order chi connectivity index (χ1) is 11.9. The second-order valence-corrected chi connectivity index (χ2v) is 9.70. The van der Waals surface area contributed by atoms with Gasteiger partial charge in [0.15, 0.2) is 0 Å². The molecule has 2 aromatic rings. The van der Waals surface area contributed by atoms with Crippen molar-refractivity contribution < 1.29 is 31.6 Å². The van der Waals surface area contributed by atoms with Crippen molar-refractivity contribution in [3.63, 3.8) is 0 Å². The third-order valence-electron chi connectivity index (χ3n) is 3.57. The second-order valence-electron chi connectivity index (χ2n) is 5.48. The molecule has 0 amide bonds. The Labute approximate surface area is 157 Å². The van der Waals surface area contributed by atoms with Gasteiger partial charge in [0.25, 0.3) is 0 Å². The van der Waals surface area contributed by atoms with Gasteiger partial charge < -0.3 is 9.79 Å². The molecule has 2 aromatic carbocycles. The summed E-state index contributed by atoms with van der Waals surface area (Å²) in [6.45, 7) is 1.52. The average molecular weight is 470 g/mol. The molecule has 2 rings (SSSR count). The minimum Gasteiger partial charge on any atom is -0.320 e. The summed E-state index contributed by atoms with van der Waals surface area (Å²) in [7, 11) is -9.52. The van der Waals surface area contributed by atoms with E-state index in [0.717, 1.165) is 6.07 Å². The SMILES string of the molecule is CC(NS(=O)(=O)c1ccccc1)c1ccc(C(F)(F)P(=O)(O)O)c(Br)c1. The van der Waals surface area contributed by atoms with Gasteiger partial charge >= 0.3 is 13.3 Å². The molecule has 0 aliphatic heterocycles. The highest BCUT2D eigenvalue weighted by Gasteiger charge is 2.51. The van der Waals surface area contributed by atoms with Gasteiger partial charge in [0.05, 0.1) is 4.90 Å². The first kappa shape index (κ1) is 21.1. The third kappa shape index (κ3) is 4.39. The van der Waals surface area contributed by atoms with E-state index in [1.165, 1.54) is 31.2 Å². The molecule has 26 heavy (non-hydrogen) atoms. The zero-order valence-electron chi connectivity index (χ0n) is 13.3. The lowest BCUT2D eigenvalue weighted by molar-refractivity contribution is 0.0557. The van der Waals surface area contributed by atoms with E-state index in [0.29, 0.717) is 5.56 Å². The van der Waals surface area contributed by atoms with Gasteiger partial charge in [-0.15, -0.1) is 0 Å². The van der Waals surface area contributed by atoms with Gasteiger partial charge in [-0.1, -0.05) is 46.3 Å². The number of halogens is 3. The van der Waals surface area contributed by atoms with Crippen LogP contribution in [0.4, 0.5) is 8.78 Å². The van der Waals surface area contributed by atoms with E-state index in [1.807, 2.05) is 0 Å². The van der Waals surface area contributed by atoms with Crippen LogP contribution in [-0.2, 0) is 20.3 Å². The van der Waals surface area contributed by atoms with E-state index in [2.05, 4.69) is 20.7 Å². The summed E-state index contributed by atoms with van der Waals surface area (Å²) in [6, 6.07) is 10.1. The first-order valence-corrected chi connectivity index (χ1v) is 11.1. The lowest BCUT2D eigenvalue weighted by Gasteiger charge is -2.21. The molecule has 0 heterocycles. The molecule has 1 unspecified atom stereocenters. The van der Waals surface area contributed by atoms with Crippen molar-refractivity contribution in [2.45, 2.75) is 23.5 Å². The summed E-state index contributed by atoms with van der Waals surface area (Å²) in [4.78, 5) is 17.7. The molecular formula is C15H15BrF2NO5PS. The summed E-state index contributed by atoms with van der Waals surface area (Å²) >= 11 is 2.87. The van der Waals surface area contributed by atoms with Crippen LogP contribution >= 0.6 is 23.5 Å². The summed E-state index contributed by atoms with van der Waals surface area (Å²) < 4.78 is 65.5. The molecule has 6 nitrogen and oxygen atoms in total. The van der Waals surface area contributed by atoms with Crippen LogP contribution in [-0.4, -0.2) is 18.2 Å². The van der Waals surface area contributed by atoms with Crippen molar-refractivity contribution in [1.29, 1.82) is 0 Å². The van der Waals surface area contributed by atoms with Crippen molar-refractivity contribution in [3.05, 3.63) is 64.1 Å². The molecular weight excluding hydrogens is 455 g/mol. The summed E-state index contributed by atoms with van der Waals surface area (Å²) in [5.41, 5.74) is -4.91. The first-order valence-electron chi connectivity index (χ1n) is 7.17. The number of benzene rings is 2. The van der Waals surface area contributed by atoms with Gasteiger partial charge in [0.1, 0.15) is 0 Å². The van der Waals surface area contributed by atoms with Crippen molar-refractivity contribution in [2.75, 3.05) is 0 Å². The van der Waals surface area contributed by atoms with Gasteiger partial charge in [-0.05, 0) is 30.7 Å². The molecule has 0 saturated heterocycles. The smallest absolute Gasteiger partial charge is 0.320 e. The van der Waals surface area contributed by atoms with Crippen molar-refractivity contribution in [3.8, 4) is 0 Å². The minimum absolute atomic E-state index is 0.0515. The lowest BCUT2D eigenvalue weighted by Crippen LogP contribution is -2.27. The molecule has 0 aliphatic carbocycles. The topological polar surface area (TPSA) is 104 Å². The Morgan fingerprint density at radius 1 is 1.15 bits per heavy atom. The Morgan fingerprint density at radius 3 is 2.23 bits per heavy atom. The molecule has 0 fully saturated rings. The molecule has 142 valence electrons. The van der Waals surface area contributed by atoms with Gasteiger partial charge in [0, 0.05) is 16.1 Å². The lowest BCUT2D eigenvalue weighted by atomic mass is 10.1. The van der Waals surface area contributed by atoms with Crippen LogP contribution in [0.2, 0.25) is 0 Å². The number of rotatable bonds is 6. The molecule has 0 aliphatic rings. The van der Waals surface area contributed by atoms with E-state index in [9.17, 15) is 21.8 Å². The Morgan fingerprint density at radius 2 is 1.73 bits per heavy atom. The van der Waals surface area contributed by atoms with Crippen molar-refractivity contribution >= 4 is 33.5 Å². The van der Waals surface area contributed by atoms with Gasteiger partial charge in [-0.25, -0.2) is 13.1 Å². The molecule has 0 saturated carbocycles. The standard InChI is InChI=1S/C15H15BrF2NO5PS/c1-10(19-26(23,24)12-5-3-2-4-6-12)11-7-8-13(14(16)9-11)15(17,18)25(20,21)22/h2-10,19H,1H3,(H2,20,21,22). The fourth-order valence-corrected chi connectivity index (χ4v) is 4.73. The summed E-state index contributed by atoms with van der Waals surface area (Å²) in [6.07, 6.45) is 0. The number of alkyl halides is 2.